The van der Waals surface area contributed by atoms with E-state index in [-0.39, 0.29) is 11.3 Å². The van der Waals surface area contributed by atoms with E-state index in [1.54, 1.807) is 12.1 Å². The number of benzene rings is 1. The summed E-state index contributed by atoms with van der Waals surface area (Å²) in [5.41, 5.74) is 1.09. The van der Waals surface area contributed by atoms with Crippen molar-refractivity contribution in [3.63, 3.8) is 0 Å². The zero-order chi connectivity index (χ0) is 11.6. The Balaban J connectivity index is 2.04. The molecule has 0 atom stereocenters. The Morgan fingerprint density at radius 1 is 1.44 bits per heavy atom. The van der Waals surface area contributed by atoms with E-state index < -0.39 is 0 Å². The Morgan fingerprint density at radius 3 is 2.69 bits per heavy atom. The molecule has 2 N–H and O–H groups in total. The number of rotatable bonds is 4. The van der Waals surface area contributed by atoms with E-state index in [0.29, 0.717) is 11.6 Å². The lowest BCUT2D eigenvalue weighted by atomic mass is 9.75. The second-order valence-electron chi connectivity index (χ2n) is 4.58. The summed E-state index contributed by atoms with van der Waals surface area (Å²) < 4.78 is 0. The minimum absolute atomic E-state index is 0.283. The molecule has 1 saturated carbocycles. The standard InChI is InChI=1S/C13H18ClNO/c1-2-13(7-4-8-13)15-9-10-11(14)5-3-6-12(10)16/h3,5-6,15-16H,2,4,7-9H2,1H3. The highest BCUT2D eigenvalue weighted by Gasteiger charge is 2.34. The highest BCUT2D eigenvalue weighted by atomic mass is 35.5. The van der Waals surface area contributed by atoms with Crippen LogP contribution in [0.3, 0.4) is 0 Å². The topological polar surface area (TPSA) is 32.3 Å². The highest BCUT2D eigenvalue weighted by Crippen LogP contribution is 2.35. The van der Waals surface area contributed by atoms with Crippen LogP contribution in [0.15, 0.2) is 18.2 Å². The van der Waals surface area contributed by atoms with Gasteiger partial charge < -0.3 is 10.4 Å². The molecule has 0 amide bonds. The van der Waals surface area contributed by atoms with E-state index in [1.165, 1.54) is 19.3 Å². The zero-order valence-electron chi connectivity index (χ0n) is 9.59. The van der Waals surface area contributed by atoms with Crippen molar-refractivity contribution in [2.24, 2.45) is 0 Å². The number of hydrogen-bond acceptors (Lipinski definition) is 2. The zero-order valence-corrected chi connectivity index (χ0v) is 10.3. The summed E-state index contributed by atoms with van der Waals surface area (Å²) in [4.78, 5) is 0. The third-order valence-corrected chi connectivity index (χ3v) is 4.08. The van der Waals surface area contributed by atoms with E-state index in [0.717, 1.165) is 12.0 Å². The molecule has 1 fully saturated rings. The molecule has 1 aliphatic rings. The fourth-order valence-electron chi connectivity index (χ4n) is 2.26. The van der Waals surface area contributed by atoms with Crippen molar-refractivity contribution >= 4 is 11.6 Å². The second-order valence-corrected chi connectivity index (χ2v) is 4.99. The van der Waals surface area contributed by atoms with Gasteiger partial charge in [-0.25, -0.2) is 0 Å². The Kier molecular flexibility index (Phi) is 3.41. The van der Waals surface area contributed by atoms with Crippen LogP contribution in [0.1, 0.15) is 38.2 Å². The lowest BCUT2D eigenvalue weighted by molar-refractivity contribution is 0.175. The molecule has 0 heterocycles. The number of nitrogens with one attached hydrogen (secondary N) is 1. The molecule has 2 rings (SSSR count). The molecule has 0 unspecified atom stereocenters. The van der Waals surface area contributed by atoms with Crippen molar-refractivity contribution in [3.8, 4) is 5.75 Å². The van der Waals surface area contributed by atoms with E-state index in [1.807, 2.05) is 6.07 Å². The average Bonchev–Trinajstić information content (AvgIpc) is 2.20. The van der Waals surface area contributed by atoms with Crippen molar-refractivity contribution in [2.45, 2.75) is 44.7 Å². The van der Waals surface area contributed by atoms with Gasteiger partial charge in [-0.05, 0) is 37.8 Å². The molecule has 0 saturated heterocycles. The monoisotopic (exact) mass is 239 g/mol. The number of phenolic OH excluding ortho intramolecular Hbond substituents is 1. The molecule has 1 aromatic rings. The predicted molar refractivity (Wildman–Crippen MR) is 66.8 cm³/mol. The smallest absolute Gasteiger partial charge is 0.121 e. The van der Waals surface area contributed by atoms with Gasteiger partial charge in [0.25, 0.3) is 0 Å². The molecule has 0 aliphatic heterocycles. The Labute approximate surface area is 102 Å². The van der Waals surface area contributed by atoms with Gasteiger partial charge in [0.1, 0.15) is 5.75 Å². The first kappa shape index (κ1) is 11.7. The van der Waals surface area contributed by atoms with Crippen LogP contribution in [0.2, 0.25) is 5.02 Å². The summed E-state index contributed by atoms with van der Waals surface area (Å²) >= 11 is 6.06. The Bertz CT molecular complexity index is 348. The van der Waals surface area contributed by atoms with Crippen LogP contribution in [-0.4, -0.2) is 10.6 Å². The van der Waals surface area contributed by atoms with Gasteiger partial charge in [0.2, 0.25) is 0 Å². The first-order valence-corrected chi connectivity index (χ1v) is 6.26. The van der Waals surface area contributed by atoms with Crippen molar-refractivity contribution in [1.82, 2.24) is 5.32 Å². The van der Waals surface area contributed by atoms with Gasteiger partial charge >= 0.3 is 0 Å². The largest absolute Gasteiger partial charge is 0.508 e. The number of aromatic hydroxyl groups is 1. The molecule has 3 heteroatoms. The first-order valence-electron chi connectivity index (χ1n) is 5.88. The summed E-state index contributed by atoms with van der Waals surface area (Å²) in [7, 11) is 0. The summed E-state index contributed by atoms with van der Waals surface area (Å²) in [6.45, 7) is 2.86. The summed E-state index contributed by atoms with van der Waals surface area (Å²) in [6.07, 6.45) is 4.90. The maximum atomic E-state index is 9.73. The van der Waals surface area contributed by atoms with Gasteiger partial charge in [-0.3, -0.25) is 0 Å². The molecule has 88 valence electrons. The van der Waals surface area contributed by atoms with Crippen LogP contribution in [-0.2, 0) is 6.54 Å². The SMILES string of the molecule is CCC1(NCc2c(O)cccc2Cl)CCC1. The van der Waals surface area contributed by atoms with E-state index >= 15 is 0 Å². The van der Waals surface area contributed by atoms with Crippen LogP contribution in [0.4, 0.5) is 0 Å². The highest BCUT2D eigenvalue weighted by molar-refractivity contribution is 6.31. The van der Waals surface area contributed by atoms with E-state index in [9.17, 15) is 5.11 Å². The second kappa shape index (κ2) is 4.64. The molecule has 0 spiro atoms. The minimum Gasteiger partial charge on any atom is -0.508 e. The Morgan fingerprint density at radius 2 is 2.19 bits per heavy atom. The summed E-state index contributed by atoms with van der Waals surface area (Å²) in [5.74, 6) is 0.283. The molecule has 16 heavy (non-hydrogen) atoms. The van der Waals surface area contributed by atoms with Crippen molar-refractivity contribution in [1.29, 1.82) is 0 Å². The molecular weight excluding hydrogens is 222 g/mol. The first-order chi connectivity index (χ1) is 7.67. The van der Waals surface area contributed by atoms with Crippen LogP contribution < -0.4 is 5.32 Å². The van der Waals surface area contributed by atoms with Crippen molar-refractivity contribution in [2.75, 3.05) is 0 Å². The minimum atomic E-state index is 0.283. The molecule has 1 aliphatic carbocycles. The quantitative estimate of drug-likeness (QED) is 0.843. The maximum absolute atomic E-state index is 9.73. The van der Waals surface area contributed by atoms with Crippen LogP contribution >= 0.6 is 11.6 Å². The van der Waals surface area contributed by atoms with Crippen LogP contribution in [0.5, 0.6) is 5.75 Å². The van der Waals surface area contributed by atoms with Gasteiger partial charge in [-0.1, -0.05) is 24.6 Å². The van der Waals surface area contributed by atoms with Gasteiger partial charge in [-0.15, -0.1) is 0 Å². The van der Waals surface area contributed by atoms with E-state index in [2.05, 4.69) is 12.2 Å². The molecule has 0 bridgehead atoms. The van der Waals surface area contributed by atoms with Crippen LogP contribution in [0, 0.1) is 0 Å². The van der Waals surface area contributed by atoms with Gasteiger partial charge in [0.15, 0.2) is 0 Å². The Hall–Kier alpha value is -0.730. The fourth-order valence-corrected chi connectivity index (χ4v) is 2.49. The predicted octanol–water partition coefficient (Wildman–Crippen LogP) is 3.47. The summed E-state index contributed by atoms with van der Waals surface area (Å²) in [5, 5.41) is 13.9. The van der Waals surface area contributed by atoms with Gasteiger partial charge in [0, 0.05) is 22.7 Å². The summed E-state index contributed by atoms with van der Waals surface area (Å²) in [6, 6.07) is 5.26. The lowest BCUT2D eigenvalue weighted by Crippen LogP contribution is -2.49. The number of phenols is 1. The number of halogens is 1. The molecule has 2 nitrogen and oxygen atoms in total. The third-order valence-electron chi connectivity index (χ3n) is 3.72. The lowest BCUT2D eigenvalue weighted by Gasteiger charge is -2.42. The average molecular weight is 240 g/mol. The third kappa shape index (κ3) is 2.18. The van der Waals surface area contributed by atoms with E-state index in [4.69, 9.17) is 11.6 Å². The van der Waals surface area contributed by atoms with Crippen LogP contribution in [0.25, 0.3) is 0 Å². The maximum Gasteiger partial charge on any atom is 0.121 e. The molecular formula is C13H18ClNO. The molecule has 0 radical (unpaired) electrons. The normalized spacial score (nSPS) is 18.1. The molecule has 1 aromatic carbocycles. The number of hydrogen-bond donors (Lipinski definition) is 2. The van der Waals surface area contributed by atoms with Gasteiger partial charge in [0.05, 0.1) is 0 Å². The van der Waals surface area contributed by atoms with Gasteiger partial charge in [-0.2, -0.15) is 0 Å². The fraction of sp³-hybridized carbons (Fsp3) is 0.538. The van der Waals surface area contributed by atoms with Crippen molar-refractivity contribution < 1.29 is 5.11 Å². The molecule has 0 aromatic heterocycles. The van der Waals surface area contributed by atoms with Crippen molar-refractivity contribution in [3.05, 3.63) is 28.8 Å².